The third kappa shape index (κ3) is 9.97. The maximum Gasteiger partial charge on any atom is 0.418 e. The van der Waals surface area contributed by atoms with Gasteiger partial charge in [0.2, 0.25) is 0 Å². The van der Waals surface area contributed by atoms with Crippen molar-refractivity contribution in [3.05, 3.63) is 139 Å². The largest absolute Gasteiger partial charge is 0.508 e. The molecule has 6 rings (SSSR count). The van der Waals surface area contributed by atoms with Gasteiger partial charge in [-0.1, -0.05) is 88.4 Å². The van der Waals surface area contributed by atoms with E-state index in [0.29, 0.717) is 22.0 Å². The average Bonchev–Trinajstić information content (AvgIpc) is 3.16. The van der Waals surface area contributed by atoms with Gasteiger partial charge in [-0.2, -0.15) is 26.3 Å². The Morgan fingerprint density at radius 1 is 0.586 bits per heavy atom. The van der Waals surface area contributed by atoms with Gasteiger partial charge < -0.3 is 26.0 Å². The molecule has 6 aromatic rings. The topological polar surface area (TPSA) is 111 Å². The number of pyridine rings is 2. The minimum absolute atomic E-state index is 0.0199. The monoisotopic (exact) mass is 810 g/mol. The van der Waals surface area contributed by atoms with E-state index < -0.39 is 66.1 Å². The summed E-state index contributed by atoms with van der Waals surface area (Å²) in [6, 6.07) is 29.5. The van der Waals surface area contributed by atoms with Crippen LogP contribution in [0.3, 0.4) is 0 Å². The standard InChI is InChI=1S/C22H22F4N2O2.C22H23F3N2O/c1-20(2,17-11-15(23)7-8-18(17)29)12-21(30,22(24,25)26)13-28-19-16-6-4-3-5-14(16)9-10-27-19;1-20(2,16-8-4-3-5-9-16)14-21(28,22(23,24)25)15-27-19-12-6-11-18-17(19)10-7-13-26-18/h3-11,29-30H,12-13H2,1-2H3,(H,27,28);3-13,27-28H,14-15H2,1-2H3. The van der Waals surface area contributed by atoms with Crippen molar-refractivity contribution >= 4 is 33.2 Å². The van der Waals surface area contributed by atoms with Crippen molar-refractivity contribution < 1.29 is 46.1 Å². The van der Waals surface area contributed by atoms with E-state index in [9.17, 15) is 46.1 Å². The minimum atomic E-state index is -4.98. The number of benzene rings is 4. The van der Waals surface area contributed by atoms with Crippen LogP contribution in [-0.4, -0.2) is 61.9 Å². The predicted octanol–water partition coefficient (Wildman–Crippen LogP) is 10.5. The highest BCUT2D eigenvalue weighted by Crippen LogP contribution is 2.44. The number of aromatic nitrogens is 2. The summed E-state index contributed by atoms with van der Waals surface area (Å²) in [4.78, 5) is 8.30. The van der Waals surface area contributed by atoms with Crippen LogP contribution in [0.5, 0.6) is 5.75 Å². The number of rotatable bonds is 12. The molecule has 0 saturated carbocycles. The summed E-state index contributed by atoms with van der Waals surface area (Å²) in [6.45, 7) is 4.72. The Kier molecular flexibility index (Phi) is 12.6. The van der Waals surface area contributed by atoms with E-state index >= 15 is 0 Å². The highest BCUT2D eigenvalue weighted by atomic mass is 19.4. The summed E-state index contributed by atoms with van der Waals surface area (Å²) in [5.41, 5.74) is -6.40. The Morgan fingerprint density at radius 2 is 1.19 bits per heavy atom. The smallest absolute Gasteiger partial charge is 0.418 e. The second-order valence-corrected chi connectivity index (χ2v) is 15.7. The van der Waals surface area contributed by atoms with Gasteiger partial charge in [-0.3, -0.25) is 4.98 Å². The molecule has 5 N–H and O–H groups in total. The lowest BCUT2D eigenvalue weighted by atomic mass is 9.74. The van der Waals surface area contributed by atoms with E-state index in [1.165, 1.54) is 20.0 Å². The molecular weight excluding hydrogens is 765 g/mol. The number of hydrogen-bond acceptors (Lipinski definition) is 7. The van der Waals surface area contributed by atoms with Crippen LogP contribution in [0.1, 0.15) is 51.7 Å². The van der Waals surface area contributed by atoms with Gasteiger partial charge in [-0.15, -0.1) is 0 Å². The first kappa shape index (κ1) is 43.6. The number of nitrogens with one attached hydrogen (secondary N) is 2. The normalized spacial score (nSPS) is 14.6. The molecule has 0 radical (unpaired) electrons. The molecule has 7 nitrogen and oxygen atoms in total. The van der Waals surface area contributed by atoms with Gasteiger partial charge in [0.15, 0.2) is 11.2 Å². The average molecular weight is 811 g/mol. The SMILES string of the molecule is CC(C)(CC(O)(CNc1cccc2ncccc12)C(F)(F)F)c1ccccc1.CC(C)(CC(O)(CNc1nccc2ccccc12)C(F)(F)F)c1cc(F)ccc1O. The molecule has 0 spiro atoms. The van der Waals surface area contributed by atoms with Crippen LogP contribution in [0.25, 0.3) is 21.7 Å². The van der Waals surface area contributed by atoms with Crippen LogP contribution in [0.4, 0.5) is 42.2 Å². The summed E-state index contributed by atoms with van der Waals surface area (Å²) in [5.74, 6) is -0.818. The van der Waals surface area contributed by atoms with Crippen molar-refractivity contribution in [2.75, 3.05) is 23.7 Å². The highest BCUT2D eigenvalue weighted by molar-refractivity contribution is 5.92. The van der Waals surface area contributed by atoms with Crippen molar-refractivity contribution in [3.8, 4) is 5.75 Å². The fraction of sp³-hybridized carbons (Fsp3) is 0.318. The second-order valence-electron chi connectivity index (χ2n) is 15.7. The number of fused-ring (bicyclic) bond motifs is 2. The Morgan fingerprint density at radius 3 is 1.86 bits per heavy atom. The third-order valence-electron chi connectivity index (χ3n) is 10.2. The van der Waals surface area contributed by atoms with Crippen molar-refractivity contribution in [3.63, 3.8) is 0 Å². The zero-order chi connectivity index (χ0) is 42.6. The van der Waals surface area contributed by atoms with E-state index in [2.05, 4.69) is 20.6 Å². The van der Waals surface area contributed by atoms with Crippen LogP contribution >= 0.6 is 0 Å². The van der Waals surface area contributed by atoms with Gasteiger partial charge in [0.05, 0.1) is 18.6 Å². The highest BCUT2D eigenvalue weighted by Gasteiger charge is 2.57. The van der Waals surface area contributed by atoms with Crippen molar-refractivity contribution in [2.45, 2.75) is 74.9 Å². The van der Waals surface area contributed by atoms with Crippen LogP contribution in [0, 0.1) is 5.82 Å². The molecule has 2 unspecified atom stereocenters. The lowest BCUT2D eigenvalue weighted by Gasteiger charge is -2.38. The number of aliphatic hydroxyl groups is 2. The molecule has 0 aliphatic rings. The van der Waals surface area contributed by atoms with Gasteiger partial charge in [0.1, 0.15) is 17.4 Å². The molecule has 308 valence electrons. The van der Waals surface area contributed by atoms with E-state index in [4.69, 9.17) is 0 Å². The van der Waals surface area contributed by atoms with E-state index in [1.54, 1.807) is 105 Å². The number of aromatic hydroxyl groups is 1. The zero-order valence-corrected chi connectivity index (χ0v) is 32.3. The first-order valence-electron chi connectivity index (χ1n) is 18.3. The van der Waals surface area contributed by atoms with Crippen LogP contribution in [0.2, 0.25) is 0 Å². The van der Waals surface area contributed by atoms with Crippen LogP contribution in [0.15, 0.2) is 122 Å². The number of anilines is 2. The first-order chi connectivity index (χ1) is 27.1. The Balaban J connectivity index is 0.000000221. The molecule has 0 aliphatic heterocycles. The van der Waals surface area contributed by atoms with Gasteiger partial charge >= 0.3 is 12.4 Å². The summed E-state index contributed by atoms with van der Waals surface area (Å²) < 4.78 is 96.9. The molecule has 0 saturated heterocycles. The molecule has 0 amide bonds. The number of halogens is 7. The predicted molar refractivity (Wildman–Crippen MR) is 212 cm³/mol. The third-order valence-corrected chi connectivity index (χ3v) is 10.2. The lowest BCUT2D eigenvalue weighted by molar-refractivity contribution is -0.260. The van der Waals surface area contributed by atoms with Gasteiger partial charge in [-0.05, 0) is 83.2 Å². The maximum atomic E-state index is 13.9. The van der Waals surface area contributed by atoms with E-state index in [0.717, 1.165) is 29.1 Å². The van der Waals surface area contributed by atoms with Crippen molar-refractivity contribution in [1.29, 1.82) is 0 Å². The fourth-order valence-electron chi connectivity index (χ4n) is 7.11. The lowest BCUT2D eigenvalue weighted by Crippen LogP contribution is -2.53. The summed E-state index contributed by atoms with van der Waals surface area (Å²) >= 11 is 0. The zero-order valence-electron chi connectivity index (χ0n) is 32.3. The van der Waals surface area contributed by atoms with Crippen molar-refractivity contribution in [1.82, 2.24) is 9.97 Å². The van der Waals surface area contributed by atoms with E-state index in [1.807, 2.05) is 6.07 Å². The number of nitrogens with zero attached hydrogens (tertiary/aromatic N) is 2. The first-order valence-corrected chi connectivity index (χ1v) is 18.3. The molecular formula is C44H45F7N4O3. The Hall–Kier alpha value is -5.47. The summed E-state index contributed by atoms with van der Waals surface area (Å²) in [6.07, 6.45) is -7.95. The molecule has 2 heterocycles. The van der Waals surface area contributed by atoms with Gasteiger partial charge in [-0.25, -0.2) is 9.37 Å². The van der Waals surface area contributed by atoms with Gasteiger partial charge in [0, 0.05) is 34.4 Å². The number of phenols is 1. The minimum Gasteiger partial charge on any atom is -0.508 e. The molecule has 0 aliphatic carbocycles. The Bertz CT molecular complexity index is 2310. The van der Waals surface area contributed by atoms with Crippen molar-refractivity contribution in [2.24, 2.45) is 0 Å². The molecule has 14 heteroatoms. The van der Waals surface area contributed by atoms with E-state index in [-0.39, 0.29) is 17.1 Å². The Labute approximate surface area is 331 Å². The quantitative estimate of drug-likeness (QED) is 0.0783. The molecule has 0 fully saturated rings. The number of hydrogen-bond donors (Lipinski definition) is 5. The van der Waals surface area contributed by atoms with Crippen LogP contribution < -0.4 is 10.6 Å². The number of phenolic OH excluding ortho intramolecular Hbond substituents is 1. The molecule has 2 aromatic heterocycles. The fourth-order valence-corrected chi connectivity index (χ4v) is 7.11. The number of alkyl halides is 6. The second kappa shape index (κ2) is 16.8. The maximum absolute atomic E-state index is 13.9. The van der Waals surface area contributed by atoms with Gasteiger partial charge in [0.25, 0.3) is 0 Å². The molecule has 2 atom stereocenters. The summed E-state index contributed by atoms with van der Waals surface area (Å²) in [5, 5.41) is 38.9. The molecule has 58 heavy (non-hydrogen) atoms. The van der Waals surface area contributed by atoms with Crippen LogP contribution in [-0.2, 0) is 10.8 Å². The molecule has 0 bridgehead atoms. The summed E-state index contributed by atoms with van der Waals surface area (Å²) in [7, 11) is 0. The molecule has 4 aromatic carbocycles.